The van der Waals surface area contributed by atoms with E-state index in [1.54, 1.807) is 0 Å². The van der Waals surface area contributed by atoms with Gasteiger partial charge >= 0.3 is 0 Å². The summed E-state index contributed by atoms with van der Waals surface area (Å²) in [6.45, 7) is 10.4. The molecule has 2 unspecified atom stereocenters. The molecule has 8 heteroatoms. The molecular formula is C28H38N6O2. The molecule has 0 amide bonds. The van der Waals surface area contributed by atoms with Crippen molar-refractivity contribution in [2.45, 2.75) is 38.3 Å². The van der Waals surface area contributed by atoms with Gasteiger partial charge in [-0.25, -0.2) is 4.98 Å². The molecule has 0 bridgehead atoms. The molecule has 3 saturated heterocycles. The van der Waals surface area contributed by atoms with Crippen molar-refractivity contribution in [3.05, 3.63) is 48.2 Å². The van der Waals surface area contributed by atoms with Crippen LogP contribution in [-0.4, -0.2) is 84.9 Å². The highest BCUT2D eigenvalue weighted by atomic mass is 16.5. The topological polar surface area (TPSA) is 69.9 Å². The van der Waals surface area contributed by atoms with Crippen LogP contribution in [0.4, 0.5) is 5.82 Å². The molecule has 5 heterocycles. The second-order valence-electron chi connectivity index (χ2n) is 10.6. The Morgan fingerprint density at radius 1 is 1.00 bits per heavy atom. The summed E-state index contributed by atoms with van der Waals surface area (Å²) in [4.78, 5) is 12.1. The smallest absolute Gasteiger partial charge is 0.213 e. The van der Waals surface area contributed by atoms with Crippen LogP contribution in [0.25, 0.3) is 11.0 Å². The van der Waals surface area contributed by atoms with Crippen molar-refractivity contribution in [2.75, 3.05) is 63.9 Å². The van der Waals surface area contributed by atoms with Crippen molar-refractivity contribution in [1.29, 1.82) is 0 Å². The second-order valence-corrected chi connectivity index (χ2v) is 10.6. The number of piperazine rings is 1. The van der Waals surface area contributed by atoms with Crippen molar-refractivity contribution in [1.82, 2.24) is 25.3 Å². The molecule has 2 aromatic heterocycles. The normalized spacial score (nSPS) is 23.3. The van der Waals surface area contributed by atoms with Crippen LogP contribution >= 0.6 is 0 Å². The van der Waals surface area contributed by atoms with Crippen LogP contribution in [0.3, 0.4) is 0 Å². The van der Waals surface area contributed by atoms with Crippen LogP contribution in [0.1, 0.15) is 31.2 Å². The van der Waals surface area contributed by atoms with Crippen molar-refractivity contribution in [2.24, 2.45) is 5.92 Å². The number of para-hydroxylation sites is 1. The number of rotatable bonds is 9. The minimum Gasteiger partial charge on any atom is -0.477 e. The minimum atomic E-state index is 0.550. The van der Waals surface area contributed by atoms with Crippen LogP contribution in [0.2, 0.25) is 0 Å². The quantitative estimate of drug-likeness (QED) is 0.458. The number of fused-ring (bicyclic) bond motifs is 2. The average Bonchev–Trinajstić information content (AvgIpc) is 3.60. The highest BCUT2D eigenvalue weighted by Crippen LogP contribution is 2.31. The number of aromatic nitrogens is 2. The molecule has 6 rings (SSSR count). The van der Waals surface area contributed by atoms with Gasteiger partial charge in [-0.15, -0.1) is 0 Å². The third kappa shape index (κ3) is 5.51. The molecule has 3 fully saturated rings. The predicted molar refractivity (Wildman–Crippen MR) is 141 cm³/mol. The number of nitrogens with one attached hydrogen (secondary N) is 1. The van der Waals surface area contributed by atoms with Gasteiger partial charge < -0.3 is 24.4 Å². The van der Waals surface area contributed by atoms with Crippen LogP contribution in [0.15, 0.2) is 47.1 Å². The van der Waals surface area contributed by atoms with E-state index in [9.17, 15) is 0 Å². The maximum Gasteiger partial charge on any atom is 0.213 e. The summed E-state index contributed by atoms with van der Waals surface area (Å²) in [5.74, 6) is 2.28. The summed E-state index contributed by atoms with van der Waals surface area (Å²) < 4.78 is 11.7. The Balaban J connectivity index is 0.931. The summed E-state index contributed by atoms with van der Waals surface area (Å²) in [5.41, 5.74) is 2.08. The monoisotopic (exact) mass is 490 g/mol. The lowest BCUT2D eigenvalue weighted by atomic mass is 9.91. The highest BCUT2D eigenvalue weighted by Gasteiger charge is 2.34. The zero-order chi connectivity index (χ0) is 24.2. The van der Waals surface area contributed by atoms with Crippen molar-refractivity contribution >= 4 is 16.8 Å². The zero-order valence-corrected chi connectivity index (χ0v) is 21.1. The molecule has 36 heavy (non-hydrogen) atoms. The minimum absolute atomic E-state index is 0.550. The number of hydrogen-bond donors (Lipinski definition) is 1. The number of hydrogen-bond acceptors (Lipinski definition) is 8. The molecule has 1 N–H and O–H groups in total. The fourth-order valence-corrected chi connectivity index (χ4v) is 5.97. The van der Waals surface area contributed by atoms with Crippen LogP contribution in [0.5, 0.6) is 5.88 Å². The standard InChI is InChI=1S/C28H38N6O2/c1-2-6-26-25(5-1)28(31-36-26)34-16-15-33-19-23(7-9-24(33)20-34)21-35-27-10-8-22(18-30-27)17-29-11-14-32-12-3-4-13-32/h1-2,5-6,8,10,18,23-24,29H,3-4,7,9,11-17,19-21H2. The van der Waals surface area contributed by atoms with Gasteiger partial charge in [0, 0.05) is 70.0 Å². The third-order valence-corrected chi connectivity index (χ3v) is 8.06. The van der Waals surface area contributed by atoms with E-state index in [1.807, 2.05) is 24.4 Å². The van der Waals surface area contributed by atoms with Crippen LogP contribution < -0.4 is 15.0 Å². The lowest BCUT2D eigenvalue weighted by molar-refractivity contribution is 0.0717. The number of nitrogens with zero attached hydrogens (tertiary/aromatic N) is 5. The molecule has 0 saturated carbocycles. The van der Waals surface area contributed by atoms with Gasteiger partial charge in [0.1, 0.15) is 0 Å². The highest BCUT2D eigenvalue weighted by molar-refractivity contribution is 5.88. The van der Waals surface area contributed by atoms with E-state index in [-0.39, 0.29) is 0 Å². The Hall–Kier alpha value is -2.68. The lowest BCUT2D eigenvalue weighted by Crippen LogP contribution is -2.57. The molecule has 3 aliphatic heterocycles. The Kier molecular flexibility index (Phi) is 7.34. The summed E-state index contributed by atoms with van der Waals surface area (Å²) in [5, 5.41) is 9.03. The number of piperidine rings is 1. The fourth-order valence-electron chi connectivity index (χ4n) is 5.97. The number of pyridine rings is 1. The largest absolute Gasteiger partial charge is 0.477 e. The van der Waals surface area contributed by atoms with Gasteiger partial charge in [-0.05, 0) is 56.5 Å². The Bertz CT molecular complexity index is 1110. The summed E-state index contributed by atoms with van der Waals surface area (Å²) in [6, 6.07) is 12.9. The zero-order valence-electron chi connectivity index (χ0n) is 21.1. The van der Waals surface area contributed by atoms with Gasteiger partial charge in [0.05, 0.1) is 12.0 Å². The summed E-state index contributed by atoms with van der Waals surface area (Å²) in [7, 11) is 0. The first kappa shape index (κ1) is 23.7. The summed E-state index contributed by atoms with van der Waals surface area (Å²) >= 11 is 0. The van der Waals surface area contributed by atoms with Crippen LogP contribution in [0, 0.1) is 5.92 Å². The van der Waals surface area contributed by atoms with Gasteiger partial charge in [0.2, 0.25) is 5.88 Å². The van der Waals surface area contributed by atoms with E-state index >= 15 is 0 Å². The lowest BCUT2D eigenvalue weighted by Gasteiger charge is -2.46. The van der Waals surface area contributed by atoms with Crippen LogP contribution in [-0.2, 0) is 6.54 Å². The molecule has 0 spiro atoms. The average molecular weight is 491 g/mol. The Morgan fingerprint density at radius 2 is 1.92 bits per heavy atom. The molecule has 2 atom stereocenters. The van der Waals surface area contributed by atoms with E-state index in [2.05, 4.69) is 48.4 Å². The maximum atomic E-state index is 6.10. The maximum absolute atomic E-state index is 6.10. The van der Waals surface area contributed by atoms with Gasteiger partial charge in [-0.3, -0.25) is 4.90 Å². The van der Waals surface area contributed by atoms with Gasteiger partial charge in [0.15, 0.2) is 11.4 Å². The molecule has 0 radical (unpaired) electrons. The van der Waals surface area contributed by atoms with Gasteiger partial charge in [0.25, 0.3) is 0 Å². The number of ether oxygens (including phenoxy) is 1. The number of likely N-dealkylation sites (tertiary alicyclic amines) is 1. The van der Waals surface area contributed by atoms with Crippen molar-refractivity contribution < 1.29 is 9.26 Å². The Labute approximate surface area is 213 Å². The van der Waals surface area contributed by atoms with Crippen molar-refractivity contribution in [3.8, 4) is 5.88 Å². The molecule has 0 aliphatic carbocycles. The van der Waals surface area contributed by atoms with E-state index in [4.69, 9.17) is 9.26 Å². The van der Waals surface area contributed by atoms with Gasteiger partial charge in [-0.1, -0.05) is 23.4 Å². The fraction of sp³-hybridized carbons (Fsp3) is 0.571. The first-order chi connectivity index (χ1) is 17.8. The van der Waals surface area contributed by atoms with Crippen molar-refractivity contribution in [3.63, 3.8) is 0 Å². The number of anilines is 1. The third-order valence-electron chi connectivity index (χ3n) is 8.06. The van der Waals surface area contributed by atoms with E-state index in [1.165, 1.54) is 44.3 Å². The predicted octanol–water partition coefficient (Wildman–Crippen LogP) is 3.39. The molecule has 3 aromatic rings. The first-order valence-electron chi connectivity index (χ1n) is 13.7. The molecular weight excluding hydrogens is 452 g/mol. The van der Waals surface area contributed by atoms with E-state index < -0.39 is 0 Å². The summed E-state index contributed by atoms with van der Waals surface area (Å²) in [6.07, 6.45) is 7.03. The van der Waals surface area contributed by atoms with E-state index in [0.717, 1.165) is 75.1 Å². The molecule has 3 aliphatic rings. The molecule has 8 nitrogen and oxygen atoms in total. The second kappa shape index (κ2) is 11.2. The first-order valence-corrected chi connectivity index (χ1v) is 13.7. The molecule has 1 aromatic carbocycles. The Morgan fingerprint density at radius 3 is 2.81 bits per heavy atom. The van der Waals surface area contributed by atoms with Gasteiger partial charge in [-0.2, -0.15) is 0 Å². The SMILES string of the molecule is c1ccc2c(N3CCN4CC(COc5ccc(CNCCN6CCCC6)cn5)CCC4C3)noc2c1. The molecule has 192 valence electrons. The van der Waals surface area contributed by atoms with E-state index in [0.29, 0.717) is 12.0 Å². The number of benzene rings is 1.